The lowest BCUT2D eigenvalue weighted by Crippen LogP contribution is -2.40. The molecule has 0 saturated carbocycles. The van der Waals surface area contributed by atoms with E-state index in [-0.39, 0.29) is 18.3 Å². The summed E-state index contributed by atoms with van der Waals surface area (Å²) >= 11 is 1.68. The van der Waals surface area contributed by atoms with Crippen LogP contribution in [0.15, 0.2) is 0 Å². The highest BCUT2D eigenvalue weighted by Crippen LogP contribution is 2.20. The van der Waals surface area contributed by atoms with Gasteiger partial charge in [-0.05, 0) is 51.6 Å². The van der Waals surface area contributed by atoms with E-state index in [1.54, 1.807) is 11.3 Å². The van der Waals surface area contributed by atoms with Crippen LogP contribution >= 0.6 is 11.3 Å². The molecule has 2 aliphatic rings. The lowest BCUT2D eigenvalue weighted by molar-refractivity contribution is -0.128. The van der Waals surface area contributed by atoms with Crippen molar-refractivity contribution < 1.29 is 19.4 Å². The molecule has 0 atom stereocenters. The van der Waals surface area contributed by atoms with Crippen molar-refractivity contribution in [2.24, 2.45) is 11.8 Å². The molecular formula is C17H28N4O4S. The zero-order chi connectivity index (χ0) is 18.8. The van der Waals surface area contributed by atoms with E-state index >= 15 is 0 Å². The summed E-state index contributed by atoms with van der Waals surface area (Å²) in [6, 6.07) is 0. The molecule has 2 fully saturated rings. The van der Waals surface area contributed by atoms with Gasteiger partial charge in [-0.1, -0.05) is 0 Å². The van der Waals surface area contributed by atoms with Crippen LogP contribution in [0.2, 0.25) is 0 Å². The first-order valence-corrected chi connectivity index (χ1v) is 9.88. The fourth-order valence-electron chi connectivity index (χ4n) is 3.29. The molecule has 0 bridgehead atoms. The molecule has 0 aliphatic carbocycles. The molecule has 2 aliphatic heterocycles. The number of amides is 1. The minimum atomic E-state index is -0.250. The number of carboxylic acid groups (broad SMARTS) is 1. The van der Waals surface area contributed by atoms with Crippen LogP contribution in [0.1, 0.15) is 35.7 Å². The van der Waals surface area contributed by atoms with Crippen LogP contribution < -0.4 is 5.32 Å². The Hall–Kier alpha value is -1.58. The predicted molar refractivity (Wildman–Crippen MR) is 97.9 cm³/mol. The zero-order valence-corrected chi connectivity index (χ0v) is 16.0. The second-order valence-electron chi connectivity index (χ2n) is 6.67. The standard InChI is InChI=1S/C16H26N4O2S.CH2O2/c1-12-18-19-15(23-12)11-20-6-2-13(3-7-20)10-17-16(21)14-4-8-22-9-5-14;2-1-3/h13-14H,2-11H2,1H3,(H,17,21);1H,(H,2,3). The molecular weight excluding hydrogens is 356 g/mol. The number of nitrogens with one attached hydrogen (secondary N) is 1. The molecule has 3 rings (SSSR count). The Morgan fingerprint density at radius 3 is 2.54 bits per heavy atom. The Morgan fingerprint density at radius 1 is 1.31 bits per heavy atom. The summed E-state index contributed by atoms with van der Waals surface area (Å²) in [5.41, 5.74) is 0. The zero-order valence-electron chi connectivity index (χ0n) is 15.2. The summed E-state index contributed by atoms with van der Waals surface area (Å²) in [5.74, 6) is 0.982. The van der Waals surface area contributed by atoms with Gasteiger partial charge in [0.25, 0.3) is 6.47 Å². The lowest BCUT2D eigenvalue weighted by atomic mass is 9.95. The molecule has 26 heavy (non-hydrogen) atoms. The van der Waals surface area contributed by atoms with Gasteiger partial charge in [-0.15, -0.1) is 21.5 Å². The third-order valence-corrected chi connectivity index (χ3v) is 5.61. The Bertz CT molecular complexity index is 555. The Kier molecular flexibility index (Phi) is 8.93. The first-order valence-electron chi connectivity index (χ1n) is 9.07. The summed E-state index contributed by atoms with van der Waals surface area (Å²) in [6.45, 7) is 7.08. The number of carbonyl (C=O) groups is 2. The first-order chi connectivity index (χ1) is 12.6. The maximum atomic E-state index is 12.2. The Labute approximate surface area is 157 Å². The number of hydrogen-bond acceptors (Lipinski definition) is 7. The maximum Gasteiger partial charge on any atom is 0.290 e. The Balaban J connectivity index is 0.000000758. The summed E-state index contributed by atoms with van der Waals surface area (Å²) in [5, 5.41) is 20.5. The number of carbonyl (C=O) groups excluding carboxylic acids is 1. The van der Waals surface area contributed by atoms with Crippen LogP contribution in [0.3, 0.4) is 0 Å². The van der Waals surface area contributed by atoms with E-state index in [2.05, 4.69) is 20.4 Å². The molecule has 1 aromatic heterocycles. The molecule has 0 aromatic carbocycles. The molecule has 0 unspecified atom stereocenters. The molecule has 1 aromatic rings. The van der Waals surface area contributed by atoms with E-state index < -0.39 is 0 Å². The van der Waals surface area contributed by atoms with Crippen LogP contribution in [0.25, 0.3) is 0 Å². The van der Waals surface area contributed by atoms with Crippen LogP contribution in [-0.4, -0.2) is 65.4 Å². The highest BCUT2D eigenvalue weighted by Gasteiger charge is 2.24. The van der Waals surface area contributed by atoms with Crippen LogP contribution in [-0.2, 0) is 20.9 Å². The third-order valence-electron chi connectivity index (χ3n) is 4.79. The van der Waals surface area contributed by atoms with Gasteiger partial charge in [-0.3, -0.25) is 14.5 Å². The molecule has 1 amide bonds. The second kappa shape index (κ2) is 11.2. The molecule has 0 radical (unpaired) electrons. The van der Waals surface area contributed by atoms with Crippen LogP contribution in [0, 0.1) is 18.8 Å². The number of nitrogens with zero attached hydrogens (tertiary/aromatic N) is 3. The topological polar surface area (TPSA) is 105 Å². The number of aromatic nitrogens is 2. The van der Waals surface area contributed by atoms with E-state index in [1.165, 1.54) is 0 Å². The maximum absolute atomic E-state index is 12.2. The summed E-state index contributed by atoms with van der Waals surface area (Å²) in [7, 11) is 0. The number of likely N-dealkylation sites (tertiary alicyclic amines) is 1. The van der Waals surface area contributed by atoms with Crippen molar-refractivity contribution >= 4 is 23.7 Å². The van der Waals surface area contributed by atoms with Crippen molar-refractivity contribution in [2.45, 2.75) is 39.2 Å². The monoisotopic (exact) mass is 384 g/mol. The minimum Gasteiger partial charge on any atom is -0.483 e. The van der Waals surface area contributed by atoms with Gasteiger partial charge in [0.2, 0.25) is 5.91 Å². The largest absolute Gasteiger partial charge is 0.483 e. The summed E-state index contributed by atoms with van der Waals surface area (Å²) in [4.78, 5) is 23.0. The number of piperidine rings is 1. The van der Waals surface area contributed by atoms with E-state index in [0.717, 1.165) is 75.1 Å². The average Bonchev–Trinajstić information content (AvgIpc) is 3.07. The van der Waals surface area contributed by atoms with Gasteiger partial charge in [0.05, 0.1) is 6.54 Å². The molecule has 9 heteroatoms. The van der Waals surface area contributed by atoms with Gasteiger partial charge in [0.1, 0.15) is 10.0 Å². The van der Waals surface area contributed by atoms with Crippen LogP contribution in [0.4, 0.5) is 0 Å². The van der Waals surface area contributed by atoms with Crippen molar-refractivity contribution in [3.8, 4) is 0 Å². The van der Waals surface area contributed by atoms with E-state index in [4.69, 9.17) is 14.6 Å². The first kappa shape index (κ1) is 20.7. The number of aryl methyl sites for hydroxylation is 1. The highest BCUT2D eigenvalue weighted by molar-refractivity contribution is 7.11. The minimum absolute atomic E-state index is 0.157. The van der Waals surface area contributed by atoms with Crippen molar-refractivity contribution in [3.05, 3.63) is 10.0 Å². The molecule has 146 valence electrons. The van der Waals surface area contributed by atoms with E-state index in [0.29, 0.717) is 5.92 Å². The second-order valence-corrected chi connectivity index (χ2v) is 7.94. The number of ether oxygens (including phenoxy) is 1. The number of hydrogen-bond donors (Lipinski definition) is 2. The fraction of sp³-hybridized carbons (Fsp3) is 0.765. The van der Waals surface area contributed by atoms with Gasteiger partial charge in [0.15, 0.2) is 0 Å². The van der Waals surface area contributed by atoms with Gasteiger partial charge < -0.3 is 15.2 Å². The average molecular weight is 385 g/mol. The van der Waals surface area contributed by atoms with Gasteiger partial charge >= 0.3 is 0 Å². The molecule has 2 N–H and O–H groups in total. The SMILES string of the molecule is Cc1nnc(CN2CCC(CNC(=O)C3CCOCC3)CC2)s1.O=CO. The highest BCUT2D eigenvalue weighted by atomic mass is 32.1. The summed E-state index contributed by atoms with van der Waals surface area (Å²) in [6.07, 6.45) is 4.02. The molecule has 0 spiro atoms. The van der Waals surface area contributed by atoms with E-state index in [9.17, 15) is 4.79 Å². The Morgan fingerprint density at radius 2 is 1.96 bits per heavy atom. The third kappa shape index (κ3) is 6.97. The van der Waals surface area contributed by atoms with Crippen molar-refractivity contribution in [1.82, 2.24) is 20.4 Å². The van der Waals surface area contributed by atoms with Crippen molar-refractivity contribution in [3.63, 3.8) is 0 Å². The number of rotatable bonds is 5. The predicted octanol–water partition coefficient (Wildman–Crippen LogP) is 1.30. The van der Waals surface area contributed by atoms with Gasteiger partial charge in [0, 0.05) is 25.7 Å². The molecule has 8 nitrogen and oxygen atoms in total. The smallest absolute Gasteiger partial charge is 0.290 e. The molecule has 2 saturated heterocycles. The fourth-order valence-corrected chi connectivity index (χ4v) is 4.04. The van der Waals surface area contributed by atoms with Gasteiger partial charge in [-0.2, -0.15) is 0 Å². The van der Waals surface area contributed by atoms with Crippen molar-refractivity contribution in [2.75, 3.05) is 32.8 Å². The van der Waals surface area contributed by atoms with Crippen LogP contribution in [0.5, 0.6) is 0 Å². The molecule has 3 heterocycles. The summed E-state index contributed by atoms with van der Waals surface area (Å²) < 4.78 is 5.31. The quantitative estimate of drug-likeness (QED) is 0.737. The normalized spacial score (nSPS) is 19.4. The lowest BCUT2D eigenvalue weighted by Gasteiger charge is -2.31. The van der Waals surface area contributed by atoms with Gasteiger partial charge in [-0.25, -0.2) is 0 Å². The van der Waals surface area contributed by atoms with Crippen molar-refractivity contribution in [1.29, 1.82) is 0 Å². The van der Waals surface area contributed by atoms with E-state index in [1.807, 2.05) is 6.92 Å².